The van der Waals surface area contributed by atoms with E-state index in [1.54, 1.807) is 0 Å². The van der Waals surface area contributed by atoms with Gasteiger partial charge in [0.15, 0.2) is 0 Å². The fourth-order valence-electron chi connectivity index (χ4n) is 2.18. The first-order chi connectivity index (χ1) is 7.72. The minimum atomic E-state index is 0.575. The molecule has 0 saturated heterocycles. The normalized spacial score (nSPS) is 25.7. The van der Waals surface area contributed by atoms with Crippen molar-refractivity contribution in [3.8, 4) is 0 Å². The summed E-state index contributed by atoms with van der Waals surface area (Å²) in [5.41, 5.74) is 0. The fourth-order valence-corrected chi connectivity index (χ4v) is 3.89. The Hall–Kier alpha value is -0.160. The average molecular weight is 304 g/mol. The third-order valence-electron chi connectivity index (χ3n) is 3.22. The molecule has 1 aromatic heterocycles. The van der Waals surface area contributed by atoms with Crippen LogP contribution in [0.15, 0.2) is 0 Å². The Kier molecular flexibility index (Phi) is 4.19. The van der Waals surface area contributed by atoms with Gasteiger partial charge in [-0.2, -0.15) is 4.37 Å². The van der Waals surface area contributed by atoms with E-state index in [0.717, 1.165) is 17.4 Å². The molecular formula is C11H18BrN3S. The molecule has 0 N–H and O–H groups in total. The smallest absolute Gasteiger partial charge is 0.205 e. The summed E-state index contributed by atoms with van der Waals surface area (Å²) < 4.78 is 4.35. The molecule has 1 aromatic rings. The van der Waals surface area contributed by atoms with E-state index >= 15 is 0 Å². The van der Waals surface area contributed by atoms with E-state index < -0.39 is 0 Å². The molecule has 90 valence electrons. The van der Waals surface area contributed by atoms with Crippen LogP contribution >= 0.6 is 27.5 Å². The molecule has 2 rings (SSSR count). The molecule has 5 heteroatoms. The summed E-state index contributed by atoms with van der Waals surface area (Å²) in [6.45, 7) is 2.10. The number of hydrogen-bond acceptors (Lipinski definition) is 4. The third kappa shape index (κ3) is 2.56. The first-order valence-corrected chi connectivity index (χ1v) is 7.60. The van der Waals surface area contributed by atoms with E-state index in [0.29, 0.717) is 10.9 Å². The van der Waals surface area contributed by atoms with Gasteiger partial charge in [0.05, 0.1) is 0 Å². The van der Waals surface area contributed by atoms with Crippen LogP contribution in [0, 0.1) is 0 Å². The fraction of sp³-hybridized carbons (Fsp3) is 0.818. The van der Waals surface area contributed by atoms with Gasteiger partial charge in [-0.15, -0.1) is 0 Å². The molecule has 0 bridgehead atoms. The monoisotopic (exact) mass is 303 g/mol. The Balaban J connectivity index is 2.07. The topological polar surface area (TPSA) is 29.0 Å². The predicted molar refractivity (Wildman–Crippen MR) is 72.7 cm³/mol. The van der Waals surface area contributed by atoms with Crippen molar-refractivity contribution in [1.82, 2.24) is 9.36 Å². The zero-order chi connectivity index (χ0) is 11.5. The largest absolute Gasteiger partial charge is 0.346 e. The van der Waals surface area contributed by atoms with Crippen LogP contribution in [0.4, 0.5) is 5.13 Å². The summed E-state index contributed by atoms with van der Waals surface area (Å²) in [6, 6.07) is 0.575. The van der Waals surface area contributed by atoms with Crippen molar-refractivity contribution >= 4 is 32.6 Å². The van der Waals surface area contributed by atoms with Crippen molar-refractivity contribution in [3.05, 3.63) is 5.82 Å². The molecule has 0 radical (unpaired) electrons. The maximum atomic E-state index is 4.55. The van der Waals surface area contributed by atoms with E-state index in [1.807, 2.05) is 0 Å². The van der Waals surface area contributed by atoms with Gasteiger partial charge in [-0.1, -0.05) is 35.7 Å². The number of nitrogens with zero attached hydrogens (tertiary/aromatic N) is 3. The van der Waals surface area contributed by atoms with Gasteiger partial charge in [0.1, 0.15) is 5.82 Å². The molecule has 0 spiro atoms. The second-order valence-electron chi connectivity index (χ2n) is 4.33. The molecule has 16 heavy (non-hydrogen) atoms. The van der Waals surface area contributed by atoms with Crippen LogP contribution in [-0.2, 0) is 6.42 Å². The van der Waals surface area contributed by atoms with Gasteiger partial charge in [-0.25, -0.2) is 4.98 Å². The molecular weight excluding hydrogens is 286 g/mol. The Morgan fingerprint density at radius 2 is 2.19 bits per heavy atom. The Morgan fingerprint density at radius 3 is 2.81 bits per heavy atom. The van der Waals surface area contributed by atoms with Crippen LogP contribution in [-0.4, -0.2) is 27.3 Å². The van der Waals surface area contributed by atoms with Crippen molar-refractivity contribution in [2.45, 2.75) is 49.9 Å². The number of aromatic nitrogens is 2. The van der Waals surface area contributed by atoms with Crippen molar-refractivity contribution in [2.75, 3.05) is 11.9 Å². The van der Waals surface area contributed by atoms with Crippen LogP contribution < -0.4 is 4.90 Å². The second kappa shape index (κ2) is 5.45. The number of halogens is 1. The zero-order valence-electron chi connectivity index (χ0n) is 9.82. The molecule has 1 aliphatic carbocycles. The lowest BCUT2D eigenvalue weighted by Crippen LogP contribution is -2.40. The van der Waals surface area contributed by atoms with E-state index in [2.05, 4.69) is 44.2 Å². The van der Waals surface area contributed by atoms with Gasteiger partial charge in [0.2, 0.25) is 5.13 Å². The highest BCUT2D eigenvalue weighted by Crippen LogP contribution is 2.31. The highest BCUT2D eigenvalue weighted by molar-refractivity contribution is 9.09. The summed E-state index contributed by atoms with van der Waals surface area (Å²) in [7, 11) is 2.14. The minimum absolute atomic E-state index is 0.575. The lowest BCUT2D eigenvalue weighted by Gasteiger charge is -2.34. The summed E-state index contributed by atoms with van der Waals surface area (Å²) in [6.07, 6.45) is 6.13. The van der Waals surface area contributed by atoms with Gasteiger partial charge < -0.3 is 4.90 Å². The van der Waals surface area contributed by atoms with Gasteiger partial charge in [0.25, 0.3) is 0 Å². The van der Waals surface area contributed by atoms with E-state index in [4.69, 9.17) is 0 Å². The maximum Gasteiger partial charge on any atom is 0.205 e. The Morgan fingerprint density at radius 1 is 1.44 bits per heavy atom. The predicted octanol–water partition coefficient (Wildman–Crippen LogP) is 3.24. The van der Waals surface area contributed by atoms with Gasteiger partial charge in [-0.05, 0) is 12.8 Å². The number of hydrogen-bond donors (Lipinski definition) is 0. The van der Waals surface area contributed by atoms with E-state index in [-0.39, 0.29) is 0 Å². The second-order valence-corrected chi connectivity index (χ2v) is 6.23. The van der Waals surface area contributed by atoms with E-state index in [9.17, 15) is 0 Å². The van der Waals surface area contributed by atoms with Crippen molar-refractivity contribution in [3.63, 3.8) is 0 Å². The van der Waals surface area contributed by atoms with Gasteiger partial charge >= 0.3 is 0 Å². The molecule has 0 amide bonds. The third-order valence-corrected chi connectivity index (χ3v) is 5.13. The first kappa shape index (κ1) is 12.3. The minimum Gasteiger partial charge on any atom is -0.346 e. The highest BCUT2D eigenvalue weighted by atomic mass is 79.9. The molecule has 3 nitrogen and oxygen atoms in total. The molecule has 2 unspecified atom stereocenters. The maximum absolute atomic E-state index is 4.55. The number of alkyl halides is 1. The van der Waals surface area contributed by atoms with Crippen molar-refractivity contribution in [1.29, 1.82) is 0 Å². The number of anilines is 1. The quantitative estimate of drug-likeness (QED) is 0.803. The molecule has 1 saturated carbocycles. The lowest BCUT2D eigenvalue weighted by molar-refractivity contribution is 0.443. The summed E-state index contributed by atoms with van der Waals surface area (Å²) in [4.78, 5) is 7.45. The Labute approximate surface area is 110 Å². The van der Waals surface area contributed by atoms with E-state index in [1.165, 1.54) is 37.2 Å². The van der Waals surface area contributed by atoms with Crippen molar-refractivity contribution in [2.24, 2.45) is 0 Å². The van der Waals surface area contributed by atoms with Gasteiger partial charge in [-0.3, -0.25) is 0 Å². The molecule has 2 atom stereocenters. The molecule has 1 heterocycles. The highest BCUT2D eigenvalue weighted by Gasteiger charge is 2.27. The summed E-state index contributed by atoms with van der Waals surface area (Å²) in [5, 5.41) is 1.06. The van der Waals surface area contributed by atoms with Crippen LogP contribution in [0.5, 0.6) is 0 Å². The SMILES string of the molecule is CCc1nsc(N(C)C2CCCCC2Br)n1. The summed E-state index contributed by atoms with van der Waals surface area (Å²) in [5.74, 6) is 0.966. The van der Waals surface area contributed by atoms with Crippen LogP contribution in [0.2, 0.25) is 0 Å². The lowest BCUT2D eigenvalue weighted by atomic mass is 9.94. The number of rotatable bonds is 3. The van der Waals surface area contributed by atoms with Crippen LogP contribution in [0.1, 0.15) is 38.4 Å². The molecule has 0 aliphatic heterocycles. The Bertz CT molecular complexity index is 342. The van der Waals surface area contributed by atoms with Crippen LogP contribution in [0.3, 0.4) is 0 Å². The summed E-state index contributed by atoms with van der Waals surface area (Å²) >= 11 is 5.31. The molecule has 1 fully saturated rings. The van der Waals surface area contributed by atoms with Gasteiger partial charge in [0, 0.05) is 35.9 Å². The first-order valence-electron chi connectivity index (χ1n) is 5.92. The standard InChI is InChI=1S/C11H18BrN3S/c1-3-10-13-11(16-14-10)15(2)9-7-5-4-6-8(9)12/h8-9H,3-7H2,1-2H3. The van der Waals surface area contributed by atoms with Crippen molar-refractivity contribution < 1.29 is 0 Å². The van der Waals surface area contributed by atoms with Crippen LogP contribution in [0.25, 0.3) is 0 Å². The number of aryl methyl sites for hydroxylation is 1. The molecule has 1 aliphatic rings. The molecule has 0 aromatic carbocycles. The average Bonchev–Trinajstić information content (AvgIpc) is 2.77. The zero-order valence-corrected chi connectivity index (χ0v) is 12.2.